The largest absolute Gasteiger partial charge is 0.325 e. The Hall–Kier alpha value is 0.210. The number of nitrogens with two attached hydrogens (primary N) is 2. The Morgan fingerprint density at radius 1 is 1.44 bits per heavy atom. The minimum absolute atomic E-state index is 0.00656. The third-order valence-corrected chi connectivity index (χ3v) is 2.41. The molecule has 0 aromatic carbocycles. The van der Waals surface area contributed by atoms with Crippen molar-refractivity contribution >= 4 is 11.6 Å². The molecule has 0 amide bonds. The van der Waals surface area contributed by atoms with Gasteiger partial charge in [0, 0.05) is 6.04 Å². The maximum Gasteiger partial charge on any atom is 0.106 e. The summed E-state index contributed by atoms with van der Waals surface area (Å²) >= 11 is 5.88. The minimum atomic E-state index is -0.613. The molecule has 3 heteroatoms. The van der Waals surface area contributed by atoms with Gasteiger partial charge in [0.05, 0.1) is 0 Å². The Morgan fingerprint density at radius 2 is 2.11 bits per heavy atom. The van der Waals surface area contributed by atoms with E-state index in [4.69, 9.17) is 23.1 Å². The van der Waals surface area contributed by atoms with Gasteiger partial charge in [-0.2, -0.15) is 0 Å². The SMILES string of the molecule is NC1CCCCC1(N)Cl. The first-order valence-electron chi connectivity index (χ1n) is 3.36. The monoisotopic (exact) mass is 148 g/mol. The second-order valence-electron chi connectivity index (χ2n) is 2.78. The van der Waals surface area contributed by atoms with Gasteiger partial charge in [-0.3, -0.25) is 0 Å². The van der Waals surface area contributed by atoms with Gasteiger partial charge >= 0.3 is 0 Å². The molecule has 1 rings (SSSR count). The lowest BCUT2D eigenvalue weighted by Gasteiger charge is -2.33. The zero-order chi connectivity index (χ0) is 6.91. The molecular weight excluding hydrogens is 136 g/mol. The van der Waals surface area contributed by atoms with Gasteiger partial charge in [0.1, 0.15) is 5.00 Å². The van der Waals surface area contributed by atoms with Crippen LogP contribution in [0.3, 0.4) is 0 Å². The summed E-state index contributed by atoms with van der Waals surface area (Å²) in [4.78, 5) is -0.613. The van der Waals surface area contributed by atoms with Crippen molar-refractivity contribution in [2.75, 3.05) is 0 Å². The van der Waals surface area contributed by atoms with Crippen molar-refractivity contribution in [1.29, 1.82) is 0 Å². The molecule has 0 spiro atoms. The number of hydrogen-bond donors (Lipinski definition) is 2. The number of alkyl halides is 1. The first-order chi connectivity index (χ1) is 4.13. The minimum Gasteiger partial charge on any atom is -0.325 e. The maximum absolute atomic E-state index is 5.88. The van der Waals surface area contributed by atoms with Gasteiger partial charge in [-0.15, -0.1) is 11.6 Å². The van der Waals surface area contributed by atoms with Crippen molar-refractivity contribution in [2.45, 2.75) is 36.7 Å². The Bertz CT molecular complexity index is 103. The van der Waals surface area contributed by atoms with E-state index in [-0.39, 0.29) is 6.04 Å². The van der Waals surface area contributed by atoms with Crippen molar-refractivity contribution in [1.82, 2.24) is 0 Å². The van der Waals surface area contributed by atoms with E-state index in [1.165, 1.54) is 6.42 Å². The van der Waals surface area contributed by atoms with Crippen LogP contribution < -0.4 is 11.5 Å². The van der Waals surface area contributed by atoms with E-state index in [1.54, 1.807) is 0 Å². The van der Waals surface area contributed by atoms with Gasteiger partial charge in [-0.05, 0) is 12.8 Å². The quantitative estimate of drug-likeness (QED) is 0.394. The summed E-state index contributed by atoms with van der Waals surface area (Å²) in [5.74, 6) is 0. The topological polar surface area (TPSA) is 52.0 Å². The van der Waals surface area contributed by atoms with Gasteiger partial charge in [0.15, 0.2) is 0 Å². The van der Waals surface area contributed by atoms with E-state index < -0.39 is 5.00 Å². The fraction of sp³-hybridized carbons (Fsp3) is 1.00. The van der Waals surface area contributed by atoms with Crippen LogP contribution in [0.2, 0.25) is 0 Å². The Labute approximate surface area is 60.5 Å². The third-order valence-electron chi connectivity index (χ3n) is 1.94. The molecule has 0 aromatic heterocycles. The molecule has 0 aliphatic heterocycles. The molecule has 2 unspecified atom stereocenters. The summed E-state index contributed by atoms with van der Waals surface area (Å²) < 4.78 is 0. The summed E-state index contributed by atoms with van der Waals surface area (Å²) in [7, 11) is 0. The van der Waals surface area contributed by atoms with Gasteiger partial charge in [0.25, 0.3) is 0 Å². The molecule has 1 aliphatic rings. The lowest BCUT2D eigenvalue weighted by atomic mass is 9.91. The molecule has 4 N–H and O–H groups in total. The number of hydrogen-bond acceptors (Lipinski definition) is 2. The van der Waals surface area contributed by atoms with Crippen LogP contribution in [0.4, 0.5) is 0 Å². The van der Waals surface area contributed by atoms with Crippen molar-refractivity contribution in [3.8, 4) is 0 Å². The lowest BCUT2D eigenvalue weighted by Crippen LogP contribution is -2.52. The predicted molar refractivity (Wildman–Crippen MR) is 39.2 cm³/mol. The summed E-state index contributed by atoms with van der Waals surface area (Å²) in [5, 5.41) is 0. The maximum atomic E-state index is 5.88. The molecule has 0 radical (unpaired) electrons. The zero-order valence-electron chi connectivity index (χ0n) is 5.44. The number of halogens is 1. The van der Waals surface area contributed by atoms with E-state index >= 15 is 0 Å². The fourth-order valence-corrected chi connectivity index (χ4v) is 1.43. The summed E-state index contributed by atoms with van der Waals surface area (Å²) in [5.41, 5.74) is 11.3. The highest BCUT2D eigenvalue weighted by molar-refractivity contribution is 6.24. The van der Waals surface area contributed by atoms with Gasteiger partial charge in [0.2, 0.25) is 0 Å². The number of rotatable bonds is 0. The van der Waals surface area contributed by atoms with Crippen LogP contribution in [0.5, 0.6) is 0 Å². The summed E-state index contributed by atoms with van der Waals surface area (Å²) in [6, 6.07) is -0.00656. The van der Waals surface area contributed by atoms with Crippen LogP contribution in [0.15, 0.2) is 0 Å². The van der Waals surface area contributed by atoms with Crippen LogP contribution in [-0.4, -0.2) is 11.0 Å². The van der Waals surface area contributed by atoms with Crippen molar-refractivity contribution < 1.29 is 0 Å². The summed E-state index contributed by atoms with van der Waals surface area (Å²) in [6.07, 6.45) is 4.12. The normalized spacial score (nSPS) is 45.0. The van der Waals surface area contributed by atoms with E-state index in [2.05, 4.69) is 0 Å². The highest BCUT2D eigenvalue weighted by Gasteiger charge is 2.32. The van der Waals surface area contributed by atoms with Crippen LogP contribution in [0, 0.1) is 0 Å². The average molecular weight is 149 g/mol. The molecule has 0 heterocycles. The Kier molecular flexibility index (Phi) is 1.99. The smallest absolute Gasteiger partial charge is 0.106 e. The first kappa shape index (κ1) is 7.32. The molecule has 0 saturated heterocycles. The van der Waals surface area contributed by atoms with Crippen molar-refractivity contribution in [3.63, 3.8) is 0 Å². The second kappa shape index (κ2) is 2.45. The van der Waals surface area contributed by atoms with Crippen LogP contribution in [-0.2, 0) is 0 Å². The van der Waals surface area contributed by atoms with E-state index in [0.717, 1.165) is 19.3 Å². The Morgan fingerprint density at radius 3 is 2.44 bits per heavy atom. The average Bonchev–Trinajstić information content (AvgIpc) is 1.77. The van der Waals surface area contributed by atoms with Crippen LogP contribution in [0.25, 0.3) is 0 Å². The van der Waals surface area contributed by atoms with Crippen molar-refractivity contribution in [3.05, 3.63) is 0 Å². The Balaban J connectivity index is 2.49. The van der Waals surface area contributed by atoms with E-state index in [1.807, 2.05) is 0 Å². The molecule has 1 fully saturated rings. The van der Waals surface area contributed by atoms with Gasteiger partial charge in [-0.25, -0.2) is 0 Å². The molecule has 9 heavy (non-hydrogen) atoms. The first-order valence-corrected chi connectivity index (χ1v) is 3.74. The van der Waals surface area contributed by atoms with E-state index in [0.29, 0.717) is 0 Å². The van der Waals surface area contributed by atoms with Crippen molar-refractivity contribution in [2.24, 2.45) is 11.5 Å². The predicted octanol–water partition coefficient (Wildman–Crippen LogP) is 0.781. The van der Waals surface area contributed by atoms with Crippen LogP contribution >= 0.6 is 11.6 Å². The summed E-state index contributed by atoms with van der Waals surface area (Å²) in [6.45, 7) is 0. The molecule has 0 bridgehead atoms. The highest BCUT2D eigenvalue weighted by Crippen LogP contribution is 2.27. The lowest BCUT2D eigenvalue weighted by molar-refractivity contribution is 0.345. The molecule has 2 atom stereocenters. The molecule has 1 aliphatic carbocycles. The zero-order valence-corrected chi connectivity index (χ0v) is 6.19. The van der Waals surface area contributed by atoms with Gasteiger partial charge in [-0.1, -0.05) is 12.8 Å². The highest BCUT2D eigenvalue weighted by atomic mass is 35.5. The third kappa shape index (κ3) is 1.57. The molecule has 54 valence electrons. The molecule has 0 aromatic rings. The van der Waals surface area contributed by atoms with Gasteiger partial charge < -0.3 is 11.5 Å². The standard InChI is InChI=1S/C6H13ClN2/c7-6(9)4-2-1-3-5(6)8/h5H,1-4,8-9H2. The second-order valence-corrected chi connectivity index (χ2v) is 3.48. The molecule has 2 nitrogen and oxygen atoms in total. The molecular formula is C6H13ClN2. The van der Waals surface area contributed by atoms with E-state index in [9.17, 15) is 0 Å². The fourth-order valence-electron chi connectivity index (χ4n) is 1.19. The molecule has 1 saturated carbocycles. The van der Waals surface area contributed by atoms with Crippen LogP contribution in [0.1, 0.15) is 25.7 Å².